The summed E-state index contributed by atoms with van der Waals surface area (Å²) in [6.45, 7) is 5.32. The third-order valence-electron chi connectivity index (χ3n) is 2.98. The Labute approximate surface area is 193 Å². The van der Waals surface area contributed by atoms with E-state index in [1.807, 2.05) is 0 Å². The van der Waals surface area contributed by atoms with Gasteiger partial charge < -0.3 is 20.4 Å². The molecule has 0 bridgehead atoms. The molecule has 0 spiro atoms. The highest BCUT2D eigenvalue weighted by molar-refractivity contribution is 5.85. The minimum absolute atomic E-state index is 0.0810. The van der Waals surface area contributed by atoms with E-state index in [0.29, 0.717) is 0 Å². The van der Waals surface area contributed by atoms with Crippen molar-refractivity contribution in [2.24, 2.45) is 0 Å². The summed E-state index contributed by atoms with van der Waals surface area (Å²) in [5.74, 6) is -3.49. The van der Waals surface area contributed by atoms with Crippen LogP contribution in [0.25, 0.3) is 0 Å². The highest BCUT2D eigenvalue weighted by Gasteiger charge is 1.99. The highest BCUT2D eigenvalue weighted by atomic mass is 16.4. The van der Waals surface area contributed by atoms with Gasteiger partial charge in [0.1, 0.15) is 5.69 Å². The maximum Gasteiger partial charge on any atom is 0.354 e. The van der Waals surface area contributed by atoms with E-state index in [1.165, 1.54) is 50.8 Å². The van der Waals surface area contributed by atoms with Crippen LogP contribution in [0.3, 0.4) is 0 Å². The average Bonchev–Trinajstić information content (AvgIpc) is 2.68. The number of pyridine rings is 1. The molecule has 0 amide bonds. The first-order valence-corrected chi connectivity index (χ1v) is 10.2. The van der Waals surface area contributed by atoms with Gasteiger partial charge in [0.2, 0.25) is 0 Å². The molecule has 1 aromatic heterocycles. The van der Waals surface area contributed by atoms with Crippen LogP contribution in [-0.4, -0.2) is 62.4 Å². The molecule has 2 rings (SSSR count). The van der Waals surface area contributed by atoms with Crippen molar-refractivity contribution in [3.05, 3.63) is 30.1 Å². The summed E-state index contributed by atoms with van der Waals surface area (Å²) in [6, 6.07) is 4.76. The molecule has 13 nitrogen and oxygen atoms in total. The summed E-state index contributed by atoms with van der Waals surface area (Å²) in [6.07, 6.45) is 9.43. The van der Waals surface area contributed by atoms with Gasteiger partial charge in [-0.05, 0) is 25.0 Å². The van der Waals surface area contributed by atoms with Gasteiger partial charge in [-0.3, -0.25) is 14.4 Å². The van der Waals surface area contributed by atoms with Crippen LogP contribution in [0.5, 0.6) is 0 Å². The molecule has 0 unspecified atom stereocenters. The monoisotopic (exact) mass is 475 g/mol. The number of nitrogens with one attached hydrogen (secondary N) is 4. The fourth-order valence-electron chi connectivity index (χ4n) is 1.84. The third kappa shape index (κ3) is 47.9. The molecule has 0 atom stereocenters. The average molecular weight is 476 g/mol. The number of carboxylic acid groups (broad SMARTS) is 4. The molecular weight excluding hydrogens is 438 g/mol. The summed E-state index contributed by atoms with van der Waals surface area (Å²) in [7, 11) is 0. The Morgan fingerprint density at radius 2 is 1.06 bits per heavy atom. The van der Waals surface area contributed by atoms with E-state index in [-0.39, 0.29) is 5.69 Å². The number of carbonyl (C=O) groups is 4. The summed E-state index contributed by atoms with van der Waals surface area (Å²) < 4.78 is 0. The predicted molar refractivity (Wildman–Crippen MR) is 121 cm³/mol. The van der Waals surface area contributed by atoms with Gasteiger partial charge in [0.25, 0.3) is 17.9 Å². The van der Waals surface area contributed by atoms with Gasteiger partial charge in [-0.2, -0.15) is 11.1 Å². The lowest BCUT2D eigenvalue weighted by Crippen LogP contribution is -2.51. The zero-order chi connectivity index (χ0) is 25.9. The number of aromatic carboxylic acids is 1. The Kier molecular flexibility index (Phi) is 28.1. The zero-order valence-electron chi connectivity index (χ0n) is 19.3. The lowest BCUT2D eigenvalue weighted by atomic mass is 10.1. The molecule has 0 radical (unpaired) electrons. The number of hydrazine groups is 3. The number of nitrogens with zero attached hydrogens (tertiary/aromatic N) is 1. The van der Waals surface area contributed by atoms with Gasteiger partial charge in [-0.15, -0.1) is 0 Å². The third-order valence-corrected chi connectivity index (χ3v) is 2.98. The molecular formula is C20H37N5O8. The molecule has 8 N–H and O–H groups in total. The van der Waals surface area contributed by atoms with Crippen molar-refractivity contribution in [3.8, 4) is 0 Å². The predicted octanol–water partition coefficient (Wildman–Crippen LogP) is 1.50. The number of aromatic nitrogens is 1. The van der Waals surface area contributed by atoms with E-state index in [0.717, 1.165) is 33.9 Å². The smallest absolute Gasteiger partial charge is 0.354 e. The Balaban J connectivity index is -0.000000377. The molecule has 1 aromatic rings. The normalized spacial score (nSPS) is 13.4. The van der Waals surface area contributed by atoms with Crippen LogP contribution in [0.15, 0.2) is 24.4 Å². The topological polar surface area (TPSA) is 210 Å². The van der Waals surface area contributed by atoms with E-state index in [1.54, 1.807) is 12.1 Å². The maximum absolute atomic E-state index is 10.1. The van der Waals surface area contributed by atoms with Gasteiger partial charge in [-0.25, -0.2) is 20.6 Å². The summed E-state index contributed by atoms with van der Waals surface area (Å²) in [4.78, 5) is 40.7. The largest absolute Gasteiger partial charge is 0.481 e. The Bertz CT molecular complexity index is 549. The molecule has 1 aliphatic heterocycles. The molecule has 0 aromatic carbocycles. The Morgan fingerprint density at radius 1 is 0.697 bits per heavy atom. The van der Waals surface area contributed by atoms with Gasteiger partial charge in [0.15, 0.2) is 0 Å². The van der Waals surface area contributed by atoms with Crippen molar-refractivity contribution >= 4 is 23.9 Å². The van der Waals surface area contributed by atoms with Crippen molar-refractivity contribution in [1.29, 1.82) is 0 Å². The summed E-state index contributed by atoms with van der Waals surface area (Å²) >= 11 is 0. The van der Waals surface area contributed by atoms with E-state index < -0.39 is 23.9 Å². The molecule has 2 heterocycles. The minimum atomic E-state index is -0.990. The standard InChI is InChI=1S/C8H20N4.C6H5NO2.3C2H4O2/c1-2-4-6-8-10-12-11-9-7-5-3-1;8-6(9)5-3-1-2-4-7-5;3*1-2(3)4/h9-12H,1-8H2;1-4H,(H,8,9);3*1H3,(H,3,4). The van der Waals surface area contributed by atoms with Crippen LogP contribution in [0.4, 0.5) is 0 Å². The number of carboxylic acids is 4. The van der Waals surface area contributed by atoms with E-state index in [2.05, 4.69) is 26.9 Å². The van der Waals surface area contributed by atoms with Gasteiger partial charge >= 0.3 is 5.97 Å². The second-order valence-electron chi connectivity index (χ2n) is 6.30. The molecule has 1 saturated heterocycles. The first-order chi connectivity index (χ1) is 15.5. The van der Waals surface area contributed by atoms with Crippen LogP contribution >= 0.6 is 0 Å². The first kappa shape index (κ1) is 34.5. The van der Waals surface area contributed by atoms with E-state index in [9.17, 15) is 4.79 Å². The van der Waals surface area contributed by atoms with Gasteiger partial charge in [0.05, 0.1) is 0 Å². The second kappa shape index (κ2) is 26.9. The highest BCUT2D eigenvalue weighted by Crippen LogP contribution is 2.04. The van der Waals surface area contributed by atoms with Crippen LogP contribution in [0.2, 0.25) is 0 Å². The van der Waals surface area contributed by atoms with Crippen LogP contribution in [0, 0.1) is 0 Å². The van der Waals surface area contributed by atoms with Crippen molar-refractivity contribution < 1.29 is 39.6 Å². The maximum atomic E-state index is 10.1. The summed E-state index contributed by atoms with van der Waals surface area (Å²) in [5, 5.41) is 30.6. The Hall–Kier alpha value is -3.13. The SMILES string of the molecule is C1CCCCNNNNCCC1.CC(=O)O.CC(=O)O.CC(=O)O.O=C(O)c1ccccn1. The molecule has 1 fully saturated rings. The van der Waals surface area contributed by atoms with E-state index in [4.69, 9.17) is 34.8 Å². The number of rotatable bonds is 1. The lowest BCUT2D eigenvalue weighted by Gasteiger charge is -2.11. The lowest BCUT2D eigenvalue weighted by molar-refractivity contribution is -0.135. The molecule has 190 valence electrons. The van der Waals surface area contributed by atoms with Crippen molar-refractivity contribution in [2.75, 3.05) is 13.1 Å². The second-order valence-corrected chi connectivity index (χ2v) is 6.30. The van der Waals surface area contributed by atoms with Crippen molar-refractivity contribution in [3.63, 3.8) is 0 Å². The molecule has 0 saturated carbocycles. The van der Waals surface area contributed by atoms with Crippen molar-refractivity contribution in [1.82, 2.24) is 26.9 Å². The minimum Gasteiger partial charge on any atom is -0.481 e. The first-order valence-electron chi connectivity index (χ1n) is 10.2. The fraction of sp³-hybridized carbons (Fsp3) is 0.550. The molecule has 1 aliphatic rings. The number of hydrogen-bond donors (Lipinski definition) is 8. The quantitative estimate of drug-likeness (QED) is 0.290. The molecule has 33 heavy (non-hydrogen) atoms. The number of aliphatic carboxylic acids is 3. The van der Waals surface area contributed by atoms with Crippen LogP contribution in [-0.2, 0) is 14.4 Å². The molecule has 13 heteroatoms. The fourth-order valence-corrected chi connectivity index (χ4v) is 1.84. The summed E-state index contributed by atoms with van der Waals surface area (Å²) in [5.41, 5.74) is 12.0. The zero-order valence-corrected chi connectivity index (χ0v) is 19.3. The van der Waals surface area contributed by atoms with E-state index >= 15 is 0 Å². The Morgan fingerprint density at radius 3 is 1.33 bits per heavy atom. The van der Waals surface area contributed by atoms with Crippen LogP contribution < -0.4 is 21.9 Å². The van der Waals surface area contributed by atoms with Crippen molar-refractivity contribution in [2.45, 2.75) is 59.3 Å². The number of hydrogen-bond acceptors (Lipinski definition) is 9. The molecule has 0 aliphatic carbocycles. The van der Waals surface area contributed by atoms with Crippen LogP contribution in [0.1, 0.15) is 69.8 Å². The van der Waals surface area contributed by atoms with Gasteiger partial charge in [0, 0.05) is 40.1 Å². The van der Waals surface area contributed by atoms with Gasteiger partial charge in [-0.1, -0.05) is 31.7 Å².